The van der Waals surface area contributed by atoms with Crippen LogP contribution in [0.2, 0.25) is 0 Å². The van der Waals surface area contributed by atoms with Crippen LogP contribution in [0.15, 0.2) is 39.2 Å². The molecule has 1 amide bonds. The van der Waals surface area contributed by atoms with E-state index in [2.05, 4.69) is 15.5 Å². The summed E-state index contributed by atoms with van der Waals surface area (Å²) in [7, 11) is 0. The Kier molecular flexibility index (Phi) is 6.48. The molecule has 1 atom stereocenters. The smallest absolute Gasteiger partial charge is 0.360 e. The van der Waals surface area contributed by atoms with Gasteiger partial charge in [0.25, 0.3) is 0 Å². The maximum absolute atomic E-state index is 13.6. The fourth-order valence-electron chi connectivity index (χ4n) is 2.58. The lowest BCUT2D eigenvalue weighted by atomic mass is 10.1. The fourth-order valence-corrected chi connectivity index (χ4v) is 4.29. The van der Waals surface area contributed by atoms with E-state index in [1.165, 1.54) is 17.4 Å². The van der Waals surface area contributed by atoms with Crippen LogP contribution < -0.4 is 5.32 Å². The summed E-state index contributed by atoms with van der Waals surface area (Å²) in [6, 6.07) is 7.34. The van der Waals surface area contributed by atoms with E-state index in [1.807, 2.05) is 0 Å². The molecule has 156 valence electrons. The first kappa shape index (κ1) is 21.9. The number of alkyl halides is 3. The number of hydrogen-bond donors (Lipinski definition) is 1. The Bertz CT molecular complexity index is 1090. The average molecular weight is 452 g/mol. The van der Waals surface area contributed by atoms with Crippen molar-refractivity contribution in [3.8, 4) is 16.6 Å². The zero-order chi connectivity index (χ0) is 21.9. The molecule has 30 heavy (non-hydrogen) atoms. The van der Waals surface area contributed by atoms with E-state index in [-0.39, 0.29) is 16.5 Å². The molecule has 0 spiro atoms. The summed E-state index contributed by atoms with van der Waals surface area (Å²) in [6.07, 6.45) is -4.44. The molecule has 0 aliphatic carbocycles. The van der Waals surface area contributed by atoms with Gasteiger partial charge in [0.15, 0.2) is 5.82 Å². The number of nitriles is 1. The quantitative estimate of drug-likeness (QED) is 0.496. The van der Waals surface area contributed by atoms with Crippen LogP contribution in [0, 0.1) is 18.3 Å². The molecule has 3 aromatic heterocycles. The summed E-state index contributed by atoms with van der Waals surface area (Å²) in [4.78, 5) is 17.4. The molecule has 0 fully saturated rings. The van der Waals surface area contributed by atoms with Gasteiger partial charge in [0.05, 0.1) is 26.9 Å². The molecule has 0 bridgehead atoms. The van der Waals surface area contributed by atoms with E-state index in [0.29, 0.717) is 17.1 Å². The standard InChI is InChI=1S/C19H15F3N4O2S2/c1-3-14(17(27)25-16-7-10(2)28-26-16)30-18-11(9-23)12(19(20,21)22)8-13(24-18)15-5-4-6-29-15/h4-8,14H,3H2,1-2H3,(H,25,26,27). The maximum atomic E-state index is 13.6. The van der Waals surface area contributed by atoms with E-state index in [9.17, 15) is 23.2 Å². The minimum Gasteiger partial charge on any atom is -0.360 e. The van der Waals surface area contributed by atoms with E-state index >= 15 is 0 Å². The number of amides is 1. The third-order valence-corrected chi connectivity index (χ3v) is 6.22. The Hall–Kier alpha value is -2.84. The minimum absolute atomic E-state index is 0.0983. The topological polar surface area (TPSA) is 91.8 Å². The van der Waals surface area contributed by atoms with Gasteiger partial charge in [-0.3, -0.25) is 4.79 Å². The number of pyridine rings is 1. The second-order valence-electron chi connectivity index (χ2n) is 6.15. The lowest BCUT2D eigenvalue weighted by Gasteiger charge is -2.17. The van der Waals surface area contributed by atoms with Crippen molar-refractivity contribution in [2.24, 2.45) is 0 Å². The van der Waals surface area contributed by atoms with Gasteiger partial charge in [-0.15, -0.1) is 11.3 Å². The summed E-state index contributed by atoms with van der Waals surface area (Å²) < 4.78 is 45.8. The first-order valence-electron chi connectivity index (χ1n) is 8.70. The van der Waals surface area contributed by atoms with E-state index in [4.69, 9.17) is 4.52 Å². The van der Waals surface area contributed by atoms with Crippen molar-refractivity contribution < 1.29 is 22.5 Å². The Morgan fingerprint density at radius 3 is 2.73 bits per heavy atom. The average Bonchev–Trinajstić information content (AvgIpc) is 3.36. The second-order valence-corrected chi connectivity index (χ2v) is 8.29. The van der Waals surface area contributed by atoms with Gasteiger partial charge in [-0.2, -0.15) is 18.4 Å². The van der Waals surface area contributed by atoms with Crippen LogP contribution in [-0.4, -0.2) is 21.3 Å². The summed E-state index contributed by atoms with van der Waals surface area (Å²) in [6.45, 7) is 3.37. The van der Waals surface area contributed by atoms with Crippen LogP contribution >= 0.6 is 23.1 Å². The number of carbonyl (C=O) groups is 1. The normalized spacial score (nSPS) is 12.4. The lowest BCUT2D eigenvalue weighted by Crippen LogP contribution is -2.25. The molecule has 3 aromatic rings. The minimum atomic E-state index is -4.74. The van der Waals surface area contributed by atoms with Gasteiger partial charge < -0.3 is 9.84 Å². The van der Waals surface area contributed by atoms with Crippen LogP contribution in [0.5, 0.6) is 0 Å². The van der Waals surface area contributed by atoms with Gasteiger partial charge in [0, 0.05) is 6.07 Å². The highest BCUT2D eigenvalue weighted by molar-refractivity contribution is 8.00. The molecule has 0 saturated heterocycles. The molecule has 0 aliphatic rings. The number of rotatable bonds is 6. The SMILES string of the molecule is CCC(Sc1nc(-c2cccs2)cc(C(F)(F)F)c1C#N)C(=O)Nc1cc(C)on1. The third-order valence-electron chi connectivity index (χ3n) is 3.97. The largest absolute Gasteiger partial charge is 0.417 e. The Morgan fingerprint density at radius 2 is 2.20 bits per heavy atom. The second kappa shape index (κ2) is 8.89. The zero-order valence-electron chi connectivity index (χ0n) is 15.8. The number of anilines is 1. The zero-order valence-corrected chi connectivity index (χ0v) is 17.4. The number of halogens is 3. The summed E-state index contributed by atoms with van der Waals surface area (Å²) >= 11 is 2.05. The predicted molar refractivity (Wildman–Crippen MR) is 107 cm³/mol. The van der Waals surface area contributed by atoms with Gasteiger partial charge in [-0.25, -0.2) is 4.98 Å². The van der Waals surface area contributed by atoms with Gasteiger partial charge in [-0.05, 0) is 30.9 Å². The van der Waals surface area contributed by atoms with Crippen molar-refractivity contribution >= 4 is 34.8 Å². The molecule has 3 heterocycles. The first-order chi connectivity index (χ1) is 14.2. The van der Waals surface area contributed by atoms with E-state index in [0.717, 1.165) is 17.8 Å². The number of thiophene rings is 1. The summed E-state index contributed by atoms with van der Waals surface area (Å²) in [5.74, 6) is 0.225. The van der Waals surface area contributed by atoms with Crippen LogP contribution in [0.3, 0.4) is 0 Å². The fraction of sp³-hybridized carbons (Fsp3) is 0.263. The summed E-state index contributed by atoms with van der Waals surface area (Å²) in [5, 5.41) is 16.4. The Morgan fingerprint density at radius 1 is 1.43 bits per heavy atom. The van der Waals surface area contributed by atoms with Crippen molar-refractivity contribution in [1.29, 1.82) is 5.26 Å². The molecule has 0 radical (unpaired) electrons. The summed E-state index contributed by atoms with van der Waals surface area (Å²) in [5.41, 5.74) is -1.58. The van der Waals surface area contributed by atoms with Crippen molar-refractivity contribution in [3.63, 3.8) is 0 Å². The third kappa shape index (κ3) is 4.83. The number of nitrogens with zero attached hydrogens (tertiary/aromatic N) is 3. The first-order valence-corrected chi connectivity index (χ1v) is 10.5. The van der Waals surface area contributed by atoms with Crippen molar-refractivity contribution in [2.75, 3.05) is 5.32 Å². The number of carbonyl (C=O) groups excluding carboxylic acids is 1. The molecule has 11 heteroatoms. The van der Waals surface area contributed by atoms with Gasteiger partial charge in [0.1, 0.15) is 16.9 Å². The highest BCUT2D eigenvalue weighted by Gasteiger charge is 2.37. The molecule has 6 nitrogen and oxygen atoms in total. The Balaban J connectivity index is 1.99. The molecule has 1 unspecified atom stereocenters. The van der Waals surface area contributed by atoms with Gasteiger partial charge in [0.2, 0.25) is 5.91 Å². The van der Waals surface area contributed by atoms with Gasteiger partial charge in [-0.1, -0.05) is 29.9 Å². The number of aryl methyl sites for hydroxylation is 1. The van der Waals surface area contributed by atoms with Crippen LogP contribution in [0.4, 0.5) is 19.0 Å². The van der Waals surface area contributed by atoms with Crippen LogP contribution in [-0.2, 0) is 11.0 Å². The number of thioether (sulfide) groups is 1. The Labute approximate surface area is 178 Å². The number of aromatic nitrogens is 2. The molecular weight excluding hydrogens is 437 g/mol. The van der Waals surface area contributed by atoms with Crippen molar-refractivity contribution in [2.45, 2.75) is 36.7 Å². The lowest BCUT2D eigenvalue weighted by molar-refractivity contribution is -0.138. The number of nitrogens with one attached hydrogen (secondary N) is 1. The van der Waals surface area contributed by atoms with Crippen molar-refractivity contribution in [3.05, 3.63) is 46.5 Å². The highest BCUT2D eigenvalue weighted by Crippen LogP contribution is 2.40. The molecule has 0 saturated carbocycles. The molecule has 0 aromatic carbocycles. The monoisotopic (exact) mass is 452 g/mol. The van der Waals surface area contributed by atoms with Gasteiger partial charge >= 0.3 is 6.18 Å². The van der Waals surface area contributed by atoms with Crippen LogP contribution in [0.1, 0.15) is 30.2 Å². The van der Waals surface area contributed by atoms with Crippen LogP contribution in [0.25, 0.3) is 10.6 Å². The molecule has 3 rings (SSSR count). The molecular formula is C19H15F3N4O2S2. The number of hydrogen-bond acceptors (Lipinski definition) is 7. The van der Waals surface area contributed by atoms with E-state index < -0.39 is 28.5 Å². The maximum Gasteiger partial charge on any atom is 0.417 e. The highest BCUT2D eigenvalue weighted by atomic mass is 32.2. The van der Waals surface area contributed by atoms with E-state index in [1.54, 1.807) is 37.4 Å². The molecule has 0 aliphatic heterocycles. The predicted octanol–water partition coefficient (Wildman–Crippen LogP) is 5.51. The molecule has 1 N–H and O–H groups in total. The van der Waals surface area contributed by atoms with Crippen molar-refractivity contribution in [1.82, 2.24) is 10.1 Å².